The van der Waals surface area contributed by atoms with E-state index in [1.54, 1.807) is 0 Å². The van der Waals surface area contributed by atoms with Gasteiger partial charge in [0.1, 0.15) is 5.75 Å². The van der Waals surface area contributed by atoms with E-state index in [-0.39, 0.29) is 17.9 Å². The number of amides is 1. The molecule has 1 aromatic carbocycles. The van der Waals surface area contributed by atoms with Crippen LogP contribution in [0.25, 0.3) is 0 Å². The van der Waals surface area contributed by atoms with Crippen molar-refractivity contribution in [1.82, 2.24) is 4.90 Å². The number of rotatable bonds is 4. The Morgan fingerprint density at radius 3 is 2.30 bits per heavy atom. The highest BCUT2D eigenvalue weighted by Crippen LogP contribution is 2.28. The lowest BCUT2D eigenvalue weighted by Crippen LogP contribution is -2.49. The maximum absolute atomic E-state index is 12.9. The topological polar surface area (TPSA) is 55.6 Å². The Labute approximate surface area is 140 Å². The fourth-order valence-electron chi connectivity index (χ4n) is 3.01. The van der Waals surface area contributed by atoms with Crippen LogP contribution in [0.1, 0.15) is 43.4 Å². The van der Waals surface area contributed by atoms with Gasteiger partial charge in [-0.2, -0.15) is 0 Å². The Morgan fingerprint density at radius 1 is 1.17 bits per heavy atom. The molecule has 1 aliphatic rings. The highest BCUT2D eigenvalue weighted by Gasteiger charge is 2.31. The van der Waals surface area contributed by atoms with Gasteiger partial charge in [-0.1, -0.05) is 26.0 Å². The summed E-state index contributed by atoms with van der Waals surface area (Å²) in [4.78, 5) is 14.8. The van der Waals surface area contributed by atoms with E-state index < -0.39 is 6.10 Å². The summed E-state index contributed by atoms with van der Waals surface area (Å²) >= 11 is 0. The first-order chi connectivity index (χ1) is 10.8. The fraction of sp³-hybridized carbons (Fsp3) is 0.632. The van der Waals surface area contributed by atoms with Crippen molar-refractivity contribution in [3.63, 3.8) is 0 Å². The van der Waals surface area contributed by atoms with Crippen molar-refractivity contribution in [2.45, 2.75) is 59.6 Å². The van der Waals surface area contributed by atoms with Gasteiger partial charge in [0.15, 0.2) is 6.10 Å². The summed E-state index contributed by atoms with van der Waals surface area (Å²) in [5, 5.41) is 0. The lowest BCUT2D eigenvalue weighted by Gasteiger charge is -2.34. The molecule has 1 saturated heterocycles. The molecule has 2 N–H and O–H groups in total. The van der Waals surface area contributed by atoms with Crippen LogP contribution >= 0.6 is 0 Å². The lowest BCUT2D eigenvalue weighted by atomic mass is 10.0. The molecule has 0 radical (unpaired) electrons. The van der Waals surface area contributed by atoms with Crippen LogP contribution in [0.4, 0.5) is 0 Å². The fourth-order valence-corrected chi connectivity index (χ4v) is 3.01. The lowest BCUT2D eigenvalue weighted by molar-refractivity contribution is -0.141. The summed E-state index contributed by atoms with van der Waals surface area (Å²) in [6.07, 6.45) is 1.31. The first-order valence-corrected chi connectivity index (χ1v) is 8.59. The number of likely N-dealkylation sites (tertiary alicyclic amines) is 1. The first kappa shape index (κ1) is 17.8. The smallest absolute Gasteiger partial charge is 0.263 e. The molecule has 1 atom stereocenters. The Morgan fingerprint density at radius 2 is 1.74 bits per heavy atom. The average Bonchev–Trinajstić information content (AvgIpc) is 2.51. The van der Waals surface area contributed by atoms with Crippen molar-refractivity contribution in [1.29, 1.82) is 0 Å². The molecular weight excluding hydrogens is 288 g/mol. The second-order valence-corrected chi connectivity index (χ2v) is 7.10. The Bertz CT molecular complexity index is 561. The molecule has 0 spiro atoms. The Hall–Kier alpha value is -1.55. The monoisotopic (exact) mass is 318 g/mol. The molecule has 1 fully saturated rings. The third-order valence-corrected chi connectivity index (χ3v) is 4.82. The molecule has 4 nitrogen and oxygen atoms in total. The minimum Gasteiger partial charge on any atom is -0.480 e. The molecule has 1 heterocycles. The predicted molar refractivity (Wildman–Crippen MR) is 93.7 cm³/mol. The standard InChI is InChI=1S/C19H30N2O2/c1-12(2)17(19(22)21-10-8-16(20)9-11-21)23-18-14(4)7-6-13(3)15(18)5/h6-7,12,16-17H,8-11,20H2,1-5H3. The summed E-state index contributed by atoms with van der Waals surface area (Å²) in [5.74, 6) is 1.07. The number of nitrogens with zero attached hydrogens (tertiary/aromatic N) is 1. The van der Waals surface area contributed by atoms with Crippen molar-refractivity contribution in [3.8, 4) is 5.75 Å². The number of nitrogens with two attached hydrogens (primary N) is 1. The molecule has 0 aromatic heterocycles. The summed E-state index contributed by atoms with van der Waals surface area (Å²) in [6.45, 7) is 11.7. The zero-order valence-corrected chi connectivity index (χ0v) is 15.1. The van der Waals surface area contributed by atoms with Crippen LogP contribution in [0.3, 0.4) is 0 Å². The van der Waals surface area contributed by atoms with Gasteiger partial charge in [-0.25, -0.2) is 0 Å². The van der Waals surface area contributed by atoms with Crippen LogP contribution in [0.5, 0.6) is 5.75 Å². The number of piperidine rings is 1. The maximum Gasteiger partial charge on any atom is 0.263 e. The van der Waals surface area contributed by atoms with E-state index in [0.717, 1.165) is 42.8 Å². The molecule has 1 aliphatic heterocycles. The van der Waals surface area contributed by atoms with Crippen LogP contribution in [-0.2, 0) is 4.79 Å². The van der Waals surface area contributed by atoms with Gasteiger partial charge in [-0.05, 0) is 56.2 Å². The molecule has 1 aromatic rings. The van der Waals surface area contributed by atoms with E-state index in [0.29, 0.717) is 0 Å². The van der Waals surface area contributed by atoms with Crippen molar-refractivity contribution in [2.75, 3.05) is 13.1 Å². The molecule has 0 bridgehead atoms. The van der Waals surface area contributed by atoms with E-state index in [9.17, 15) is 4.79 Å². The number of hydrogen-bond acceptors (Lipinski definition) is 3. The predicted octanol–water partition coefficient (Wildman–Crippen LogP) is 2.96. The van der Waals surface area contributed by atoms with Gasteiger partial charge in [-0.15, -0.1) is 0 Å². The van der Waals surface area contributed by atoms with E-state index >= 15 is 0 Å². The quantitative estimate of drug-likeness (QED) is 0.928. The minimum atomic E-state index is -0.441. The second-order valence-electron chi connectivity index (χ2n) is 7.10. The van der Waals surface area contributed by atoms with Crippen molar-refractivity contribution < 1.29 is 9.53 Å². The van der Waals surface area contributed by atoms with Gasteiger partial charge >= 0.3 is 0 Å². The molecule has 0 saturated carbocycles. The summed E-state index contributed by atoms with van der Waals surface area (Å²) < 4.78 is 6.24. The van der Waals surface area contributed by atoms with Crippen molar-refractivity contribution in [2.24, 2.45) is 11.7 Å². The van der Waals surface area contributed by atoms with Crippen LogP contribution in [-0.4, -0.2) is 36.0 Å². The van der Waals surface area contributed by atoms with Gasteiger partial charge < -0.3 is 15.4 Å². The zero-order chi connectivity index (χ0) is 17.1. The SMILES string of the molecule is Cc1ccc(C)c(OC(C(=O)N2CCC(N)CC2)C(C)C)c1C. The molecule has 2 rings (SSSR count). The van der Waals surface area contributed by atoms with Crippen molar-refractivity contribution >= 4 is 5.91 Å². The summed E-state index contributed by atoms with van der Waals surface area (Å²) in [7, 11) is 0. The van der Waals surface area contributed by atoms with Gasteiger partial charge in [0.25, 0.3) is 5.91 Å². The Balaban J connectivity index is 2.19. The zero-order valence-electron chi connectivity index (χ0n) is 15.1. The Kier molecular flexibility index (Phi) is 5.69. The van der Waals surface area contributed by atoms with E-state index in [1.165, 1.54) is 5.56 Å². The van der Waals surface area contributed by atoms with Gasteiger partial charge in [0.05, 0.1) is 0 Å². The van der Waals surface area contributed by atoms with Crippen LogP contribution in [0.15, 0.2) is 12.1 Å². The normalized spacial score (nSPS) is 17.4. The highest BCUT2D eigenvalue weighted by atomic mass is 16.5. The van der Waals surface area contributed by atoms with Gasteiger partial charge in [0.2, 0.25) is 0 Å². The van der Waals surface area contributed by atoms with Crippen molar-refractivity contribution in [3.05, 3.63) is 28.8 Å². The van der Waals surface area contributed by atoms with E-state index in [4.69, 9.17) is 10.5 Å². The largest absolute Gasteiger partial charge is 0.480 e. The third kappa shape index (κ3) is 4.05. The summed E-state index contributed by atoms with van der Waals surface area (Å²) in [5.41, 5.74) is 9.32. The molecule has 128 valence electrons. The number of hydrogen-bond donors (Lipinski definition) is 1. The third-order valence-electron chi connectivity index (χ3n) is 4.82. The summed E-state index contributed by atoms with van der Waals surface area (Å²) in [6, 6.07) is 4.37. The number of carbonyl (C=O) groups excluding carboxylic acids is 1. The van der Waals surface area contributed by atoms with Crippen LogP contribution in [0, 0.1) is 26.7 Å². The van der Waals surface area contributed by atoms with E-state index in [2.05, 4.69) is 26.0 Å². The molecule has 1 amide bonds. The molecular formula is C19H30N2O2. The molecule has 1 unspecified atom stereocenters. The highest BCUT2D eigenvalue weighted by molar-refractivity contribution is 5.81. The number of aryl methyl sites for hydroxylation is 2. The van der Waals surface area contributed by atoms with Gasteiger partial charge in [-0.3, -0.25) is 4.79 Å². The van der Waals surface area contributed by atoms with Crippen LogP contribution < -0.4 is 10.5 Å². The number of carbonyl (C=O) groups is 1. The molecule has 4 heteroatoms. The molecule has 23 heavy (non-hydrogen) atoms. The number of benzene rings is 1. The van der Waals surface area contributed by atoms with Gasteiger partial charge in [0, 0.05) is 19.1 Å². The van der Waals surface area contributed by atoms with E-state index in [1.807, 2.05) is 25.7 Å². The second kappa shape index (κ2) is 7.35. The molecule has 0 aliphatic carbocycles. The average molecular weight is 318 g/mol. The van der Waals surface area contributed by atoms with Crippen LogP contribution in [0.2, 0.25) is 0 Å². The first-order valence-electron chi connectivity index (χ1n) is 8.59. The minimum absolute atomic E-state index is 0.0900. The number of ether oxygens (including phenoxy) is 1. The maximum atomic E-state index is 12.9.